The Kier molecular flexibility index (Phi) is 13.6. The van der Waals surface area contributed by atoms with Crippen molar-refractivity contribution in [1.29, 1.82) is 0 Å². The van der Waals surface area contributed by atoms with Crippen molar-refractivity contribution >= 4 is 0 Å². The first kappa shape index (κ1) is 22.9. The van der Waals surface area contributed by atoms with Crippen molar-refractivity contribution in [3.8, 4) is 0 Å². The molecule has 0 aromatic rings. The molecule has 0 saturated carbocycles. The molecule has 138 valence electrons. The van der Waals surface area contributed by atoms with Crippen molar-refractivity contribution in [3.05, 3.63) is 46.6 Å². The van der Waals surface area contributed by atoms with E-state index < -0.39 is 0 Å². The minimum Gasteiger partial charge on any atom is -0.375 e. The molecule has 0 bridgehead atoms. The monoisotopic (exact) mass is 332 g/mol. The Labute approximate surface area is 151 Å². The van der Waals surface area contributed by atoms with Crippen LogP contribution < -0.4 is 0 Å². The third kappa shape index (κ3) is 15.8. The van der Waals surface area contributed by atoms with Crippen LogP contribution in [0.25, 0.3) is 0 Å². The first-order valence-electron chi connectivity index (χ1n) is 9.53. The molecule has 0 saturated heterocycles. The fourth-order valence-electron chi connectivity index (χ4n) is 2.37. The van der Waals surface area contributed by atoms with Gasteiger partial charge in [-0.05, 0) is 87.0 Å². The summed E-state index contributed by atoms with van der Waals surface area (Å²) in [7, 11) is 0. The highest BCUT2D eigenvalue weighted by Gasteiger charge is 1.94. The predicted octanol–water partition coefficient (Wildman–Crippen LogP) is 7.56. The summed E-state index contributed by atoms with van der Waals surface area (Å²) < 4.78 is 5.55. The van der Waals surface area contributed by atoms with E-state index in [9.17, 15) is 0 Å². The zero-order chi connectivity index (χ0) is 18.4. The number of allylic oxidation sites excluding steroid dienone is 7. The van der Waals surface area contributed by atoms with Crippen LogP contribution in [0.5, 0.6) is 0 Å². The molecule has 0 fully saturated rings. The molecule has 0 rings (SSSR count). The number of ether oxygens (including phenoxy) is 1. The second-order valence-electron chi connectivity index (χ2n) is 7.43. The summed E-state index contributed by atoms with van der Waals surface area (Å²) in [5.41, 5.74) is 5.87. The zero-order valence-corrected chi connectivity index (χ0v) is 17.2. The first-order valence-corrected chi connectivity index (χ1v) is 9.53. The second kappa shape index (κ2) is 14.3. The zero-order valence-electron chi connectivity index (χ0n) is 17.2. The van der Waals surface area contributed by atoms with Gasteiger partial charge in [0.15, 0.2) is 0 Å². The van der Waals surface area contributed by atoms with Crippen LogP contribution >= 0.6 is 0 Å². The molecule has 0 aliphatic rings. The average Bonchev–Trinajstić information content (AvgIpc) is 2.46. The summed E-state index contributed by atoms with van der Waals surface area (Å²) in [6.07, 6.45) is 16.6. The normalized spacial score (nSPS) is 13.6. The third-order valence-corrected chi connectivity index (χ3v) is 4.02. The lowest BCUT2D eigenvalue weighted by atomic mass is 10.0. The Morgan fingerprint density at radius 1 is 0.667 bits per heavy atom. The molecule has 0 aliphatic carbocycles. The molecule has 0 aromatic heterocycles. The van der Waals surface area contributed by atoms with Gasteiger partial charge >= 0.3 is 0 Å². The maximum Gasteiger partial charge on any atom is 0.0653 e. The van der Waals surface area contributed by atoms with Gasteiger partial charge in [-0.25, -0.2) is 0 Å². The molecule has 1 nitrogen and oxygen atoms in total. The van der Waals surface area contributed by atoms with Gasteiger partial charge in [0.2, 0.25) is 0 Å². The number of rotatable bonds is 12. The molecular formula is C23H40O. The first-order chi connectivity index (χ1) is 11.3. The van der Waals surface area contributed by atoms with Gasteiger partial charge in [-0.2, -0.15) is 0 Å². The van der Waals surface area contributed by atoms with E-state index in [2.05, 4.69) is 72.8 Å². The van der Waals surface area contributed by atoms with Crippen LogP contribution in [-0.4, -0.2) is 12.7 Å². The minimum atomic E-state index is 0.315. The number of hydrogen-bond acceptors (Lipinski definition) is 1. The lowest BCUT2D eigenvalue weighted by Crippen LogP contribution is -2.01. The van der Waals surface area contributed by atoms with E-state index in [-0.39, 0.29) is 0 Å². The van der Waals surface area contributed by atoms with Crippen LogP contribution in [0.4, 0.5) is 0 Å². The molecule has 0 amide bonds. The summed E-state index contributed by atoms with van der Waals surface area (Å²) in [4.78, 5) is 0. The van der Waals surface area contributed by atoms with Gasteiger partial charge in [-0.3, -0.25) is 0 Å². The molecule has 0 aromatic carbocycles. The molecule has 0 radical (unpaired) electrons. The minimum absolute atomic E-state index is 0.315. The summed E-state index contributed by atoms with van der Waals surface area (Å²) in [5.74, 6) is 0. The van der Waals surface area contributed by atoms with Crippen LogP contribution in [-0.2, 0) is 4.74 Å². The molecule has 0 heterocycles. The fraction of sp³-hybridized carbons (Fsp3) is 0.652. The van der Waals surface area contributed by atoms with E-state index in [1.165, 1.54) is 48.0 Å². The summed E-state index contributed by atoms with van der Waals surface area (Å²) in [6.45, 7) is 15.9. The molecule has 0 aliphatic heterocycles. The highest BCUT2D eigenvalue weighted by atomic mass is 16.5. The molecule has 0 N–H and O–H groups in total. The smallest absolute Gasteiger partial charge is 0.0653 e. The van der Waals surface area contributed by atoms with E-state index in [1.54, 1.807) is 0 Å². The molecule has 0 atom stereocenters. The SMILES string of the molecule is CC(C)=CCC/C(C)=C/CC/C(C)=C/CC/C(C)=C/COC(C)C. The largest absolute Gasteiger partial charge is 0.375 e. The van der Waals surface area contributed by atoms with Crippen molar-refractivity contribution in [2.24, 2.45) is 0 Å². The molecular weight excluding hydrogens is 292 g/mol. The predicted molar refractivity (Wildman–Crippen MR) is 109 cm³/mol. The van der Waals surface area contributed by atoms with Gasteiger partial charge in [0.1, 0.15) is 0 Å². The summed E-state index contributed by atoms with van der Waals surface area (Å²) in [5, 5.41) is 0. The van der Waals surface area contributed by atoms with Gasteiger partial charge in [-0.15, -0.1) is 0 Å². The van der Waals surface area contributed by atoms with Crippen molar-refractivity contribution in [1.82, 2.24) is 0 Å². The van der Waals surface area contributed by atoms with E-state index in [4.69, 9.17) is 4.74 Å². The third-order valence-electron chi connectivity index (χ3n) is 4.02. The highest BCUT2D eigenvalue weighted by molar-refractivity contribution is 5.07. The Morgan fingerprint density at radius 2 is 1.08 bits per heavy atom. The standard InChI is InChI=1S/C23H40O/c1-19(2)11-8-12-21(5)13-9-14-22(6)15-10-16-23(7)17-18-24-20(3)4/h11,13,15,17,20H,8-10,12,14,16,18H2,1-7H3/b21-13+,22-15+,23-17+. The van der Waals surface area contributed by atoms with Crippen LogP contribution in [0.1, 0.15) is 87.0 Å². The van der Waals surface area contributed by atoms with Crippen molar-refractivity contribution in [2.45, 2.75) is 93.1 Å². The maximum atomic E-state index is 5.55. The average molecular weight is 333 g/mol. The molecule has 0 spiro atoms. The topological polar surface area (TPSA) is 9.23 Å². The molecule has 0 unspecified atom stereocenters. The Balaban J connectivity index is 3.96. The maximum absolute atomic E-state index is 5.55. The van der Waals surface area contributed by atoms with Crippen LogP contribution in [0, 0.1) is 0 Å². The van der Waals surface area contributed by atoms with Crippen LogP contribution in [0.3, 0.4) is 0 Å². The van der Waals surface area contributed by atoms with Gasteiger partial charge in [-0.1, -0.05) is 46.6 Å². The van der Waals surface area contributed by atoms with Gasteiger partial charge in [0.05, 0.1) is 12.7 Å². The van der Waals surface area contributed by atoms with Gasteiger partial charge in [0, 0.05) is 0 Å². The van der Waals surface area contributed by atoms with E-state index in [0.29, 0.717) is 6.10 Å². The highest BCUT2D eigenvalue weighted by Crippen LogP contribution is 2.13. The fourth-order valence-corrected chi connectivity index (χ4v) is 2.37. The summed E-state index contributed by atoms with van der Waals surface area (Å²) in [6, 6.07) is 0. The van der Waals surface area contributed by atoms with E-state index in [1.807, 2.05) is 0 Å². The van der Waals surface area contributed by atoms with Crippen molar-refractivity contribution in [2.75, 3.05) is 6.61 Å². The van der Waals surface area contributed by atoms with Crippen LogP contribution in [0.2, 0.25) is 0 Å². The van der Waals surface area contributed by atoms with E-state index in [0.717, 1.165) is 19.4 Å². The Hall–Kier alpha value is -1.08. The van der Waals surface area contributed by atoms with E-state index >= 15 is 0 Å². The quantitative estimate of drug-likeness (QED) is 0.335. The molecule has 1 heteroatoms. The van der Waals surface area contributed by atoms with Crippen LogP contribution in [0.15, 0.2) is 46.6 Å². The Bertz CT molecular complexity index is 443. The van der Waals surface area contributed by atoms with Crippen molar-refractivity contribution < 1.29 is 4.74 Å². The lowest BCUT2D eigenvalue weighted by Gasteiger charge is -2.05. The van der Waals surface area contributed by atoms with Crippen molar-refractivity contribution in [3.63, 3.8) is 0 Å². The van der Waals surface area contributed by atoms with Gasteiger partial charge in [0.25, 0.3) is 0 Å². The lowest BCUT2D eigenvalue weighted by molar-refractivity contribution is 0.102. The molecule has 24 heavy (non-hydrogen) atoms. The van der Waals surface area contributed by atoms with Gasteiger partial charge < -0.3 is 4.74 Å². The Morgan fingerprint density at radius 3 is 1.50 bits per heavy atom. The summed E-state index contributed by atoms with van der Waals surface area (Å²) >= 11 is 0. The number of hydrogen-bond donors (Lipinski definition) is 0. The second-order valence-corrected chi connectivity index (χ2v) is 7.43.